The highest BCUT2D eigenvalue weighted by molar-refractivity contribution is 5.69. The van der Waals surface area contributed by atoms with Crippen molar-refractivity contribution in [3.05, 3.63) is 23.0 Å². The molecule has 3 N–H and O–H groups in total. The Hall–Kier alpha value is -1.80. The largest absolute Gasteiger partial charge is 0.396 e. The number of aromatic amines is 1. The van der Waals surface area contributed by atoms with Crippen LogP contribution < -0.4 is 5.56 Å². The van der Waals surface area contributed by atoms with Crippen LogP contribution in [0.4, 0.5) is 4.39 Å². The molecule has 2 aromatic heterocycles. The Balaban J connectivity index is 2.06. The number of rotatable bonds is 2. The summed E-state index contributed by atoms with van der Waals surface area (Å²) in [6.07, 6.45) is 0.150. The van der Waals surface area contributed by atoms with Gasteiger partial charge in [-0.05, 0) is 6.42 Å². The molecule has 0 bridgehead atoms. The third kappa shape index (κ3) is 1.75. The van der Waals surface area contributed by atoms with Crippen LogP contribution >= 0.6 is 0 Å². The van der Waals surface area contributed by atoms with Gasteiger partial charge in [0.2, 0.25) is 0 Å². The van der Waals surface area contributed by atoms with Crippen LogP contribution in [0.3, 0.4) is 0 Å². The van der Waals surface area contributed by atoms with Gasteiger partial charge >= 0.3 is 0 Å². The van der Waals surface area contributed by atoms with Crippen molar-refractivity contribution in [2.75, 3.05) is 6.61 Å². The Morgan fingerprint density at radius 1 is 1.53 bits per heavy atom. The topological polar surface area (TPSA) is 104 Å². The van der Waals surface area contributed by atoms with Gasteiger partial charge < -0.3 is 19.8 Å². The third-order valence-electron chi connectivity index (χ3n) is 3.67. The van der Waals surface area contributed by atoms with Crippen molar-refractivity contribution < 1.29 is 14.6 Å². The maximum Gasteiger partial charge on any atom is 0.278 e. The molecule has 7 nitrogen and oxygen atoms in total. The minimum atomic E-state index is -1.49. The van der Waals surface area contributed by atoms with Gasteiger partial charge in [-0.15, -0.1) is 0 Å². The number of imidazole rings is 1. The Labute approximate surface area is 106 Å². The van der Waals surface area contributed by atoms with Crippen LogP contribution in [-0.2, 0) is 0 Å². The first-order chi connectivity index (χ1) is 9.13. The van der Waals surface area contributed by atoms with E-state index in [2.05, 4.69) is 15.0 Å². The first-order valence-corrected chi connectivity index (χ1v) is 5.96. The van der Waals surface area contributed by atoms with Crippen LogP contribution in [0, 0.1) is 5.92 Å². The first-order valence-electron chi connectivity index (χ1n) is 5.96. The summed E-state index contributed by atoms with van der Waals surface area (Å²) in [6.45, 7) is -0.324. The van der Waals surface area contributed by atoms with E-state index in [1.807, 2.05) is 0 Å². The second-order valence-corrected chi connectivity index (χ2v) is 4.74. The molecule has 2 aromatic rings. The summed E-state index contributed by atoms with van der Waals surface area (Å²) in [4.78, 5) is 21.9. The molecule has 102 valence electrons. The molecule has 0 unspecified atom stereocenters. The van der Waals surface area contributed by atoms with E-state index in [1.54, 1.807) is 0 Å². The molecule has 1 fully saturated rings. The Morgan fingerprint density at radius 3 is 3.00 bits per heavy atom. The van der Waals surface area contributed by atoms with Gasteiger partial charge in [-0.1, -0.05) is 0 Å². The van der Waals surface area contributed by atoms with Crippen LogP contribution in [0.25, 0.3) is 11.2 Å². The van der Waals surface area contributed by atoms with Crippen molar-refractivity contribution in [3.8, 4) is 0 Å². The molecule has 3 rings (SSSR count). The summed E-state index contributed by atoms with van der Waals surface area (Å²) in [7, 11) is 0. The molecule has 2 heterocycles. The van der Waals surface area contributed by atoms with E-state index in [-0.39, 0.29) is 24.1 Å². The number of aromatic nitrogens is 4. The number of halogens is 1. The smallest absolute Gasteiger partial charge is 0.278 e. The number of aliphatic hydroxyl groups is 2. The number of nitrogens with zero attached hydrogens (tertiary/aromatic N) is 3. The summed E-state index contributed by atoms with van der Waals surface area (Å²) in [5.74, 6) is -0.612. The predicted molar refractivity (Wildman–Crippen MR) is 63.3 cm³/mol. The molecule has 0 aromatic carbocycles. The SMILES string of the molecule is O=c1[nH]cnc2c1ncn2[C@@H]1C[C@H](CO)[C@@H](F)[C@H]1O. The average Bonchev–Trinajstić information content (AvgIpc) is 2.94. The number of aliphatic hydroxyl groups excluding tert-OH is 2. The zero-order valence-electron chi connectivity index (χ0n) is 9.90. The number of hydrogen-bond acceptors (Lipinski definition) is 5. The van der Waals surface area contributed by atoms with Crippen LogP contribution in [0.1, 0.15) is 12.5 Å². The lowest BCUT2D eigenvalue weighted by atomic mass is 10.1. The van der Waals surface area contributed by atoms with E-state index in [0.29, 0.717) is 5.65 Å². The number of fused-ring (bicyclic) bond motifs is 1. The van der Waals surface area contributed by atoms with Crippen molar-refractivity contribution in [1.29, 1.82) is 0 Å². The first kappa shape index (κ1) is 12.2. The Bertz CT molecular complexity index is 655. The molecule has 0 saturated heterocycles. The molecule has 4 atom stereocenters. The van der Waals surface area contributed by atoms with E-state index >= 15 is 0 Å². The highest BCUT2D eigenvalue weighted by atomic mass is 19.1. The van der Waals surface area contributed by atoms with Gasteiger partial charge in [0.25, 0.3) is 5.56 Å². The number of nitrogens with one attached hydrogen (secondary N) is 1. The quantitative estimate of drug-likeness (QED) is 0.673. The molecule has 1 saturated carbocycles. The summed E-state index contributed by atoms with van der Waals surface area (Å²) in [5, 5.41) is 19.0. The Kier molecular flexibility index (Phi) is 2.83. The maximum absolute atomic E-state index is 13.8. The lowest BCUT2D eigenvalue weighted by Crippen LogP contribution is -2.27. The van der Waals surface area contributed by atoms with E-state index < -0.39 is 24.2 Å². The summed E-state index contributed by atoms with van der Waals surface area (Å²) in [6, 6.07) is -0.577. The van der Waals surface area contributed by atoms with Crippen molar-refractivity contribution in [1.82, 2.24) is 19.5 Å². The fraction of sp³-hybridized carbons (Fsp3) is 0.545. The van der Waals surface area contributed by atoms with Gasteiger partial charge in [-0.2, -0.15) is 0 Å². The zero-order chi connectivity index (χ0) is 13.6. The fourth-order valence-electron chi connectivity index (χ4n) is 2.63. The molecular weight excluding hydrogens is 255 g/mol. The Morgan fingerprint density at radius 2 is 2.32 bits per heavy atom. The van der Waals surface area contributed by atoms with E-state index in [0.717, 1.165) is 0 Å². The van der Waals surface area contributed by atoms with E-state index in [1.165, 1.54) is 17.2 Å². The second-order valence-electron chi connectivity index (χ2n) is 4.74. The van der Waals surface area contributed by atoms with Crippen molar-refractivity contribution >= 4 is 11.2 Å². The molecule has 0 amide bonds. The van der Waals surface area contributed by atoms with Crippen molar-refractivity contribution in [2.24, 2.45) is 5.92 Å². The van der Waals surface area contributed by atoms with Crippen molar-refractivity contribution in [2.45, 2.75) is 24.7 Å². The van der Waals surface area contributed by atoms with Gasteiger partial charge in [-0.3, -0.25) is 4.79 Å². The van der Waals surface area contributed by atoms with Crippen LogP contribution in [0.15, 0.2) is 17.4 Å². The molecule has 8 heteroatoms. The van der Waals surface area contributed by atoms with Crippen molar-refractivity contribution in [3.63, 3.8) is 0 Å². The van der Waals surface area contributed by atoms with Gasteiger partial charge in [0.05, 0.1) is 18.7 Å². The fourth-order valence-corrected chi connectivity index (χ4v) is 2.63. The minimum absolute atomic E-state index is 0.151. The predicted octanol–water partition coefficient (Wildman–Crippen LogP) is -0.628. The molecule has 19 heavy (non-hydrogen) atoms. The van der Waals surface area contributed by atoms with E-state index in [9.17, 15) is 14.3 Å². The number of alkyl halides is 1. The summed E-state index contributed by atoms with van der Waals surface area (Å²) < 4.78 is 15.3. The van der Waals surface area contributed by atoms with Gasteiger partial charge in [0, 0.05) is 12.5 Å². The highest BCUT2D eigenvalue weighted by Crippen LogP contribution is 2.37. The standard InChI is InChI=1S/C11H13FN4O3/c12-7-5(2-17)1-6(9(7)18)16-4-15-8-10(16)13-3-14-11(8)19/h3-7,9,17-18H,1-2H2,(H,13,14,19)/t5-,6-,7-,9+/m1/s1. The summed E-state index contributed by atoms with van der Waals surface area (Å²) >= 11 is 0. The molecule has 1 aliphatic carbocycles. The van der Waals surface area contributed by atoms with Crippen LogP contribution in [0.5, 0.6) is 0 Å². The van der Waals surface area contributed by atoms with Gasteiger partial charge in [-0.25, -0.2) is 14.4 Å². The molecule has 0 radical (unpaired) electrons. The van der Waals surface area contributed by atoms with Crippen LogP contribution in [0.2, 0.25) is 0 Å². The molecule has 1 aliphatic rings. The lowest BCUT2D eigenvalue weighted by molar-refractivity contribution is 0.0509. The van der Waals surface area contributed by atoms with Gasteiger partial charge in [0.15, 0.2) is 11.2 Å². The van der Waals surface area contributed by atoms with Gasteiger partial charge in [0.1, 0.15) is 12.3 Å². The zero-order valence-corrected chi connectivity index (χ0v) is 9.90. The monoisotopic (exact) mass is 268 g/mol. The number of H-pyrrole nitrogens is 1. The highest BCUT2D eigenvalue weighted by Gasteiger charge is 2.44. The molecule has 0 aliphatic heterocycles. The number of hydrogen-bond donors (Lipinski definition) is 3. The van der Waals surface area contributed by atoms with E-state index in [4.69, 9.17) is 5.11 Å². The molecular formula is C11H13FN4O3. The maximum atomic E-state index is 13.8. The normalized spacial score (nSPS) is 31.1. The second kappa shape index (κ2) is 4.39. The summed E-state index contributed by atoms with van der Waals surface area (Å²) in [5.41, 5.74) is 0.0721. The average molecular weight is 268 g/mol. The minimum Gasteiger partial charge on any atom is -0.396 e. The lowest BCUT2D eigenvalue weighted by Gasteiger charge is -2.16. The van der Waals surface area contributed by atoms with Crippen LogP contribution in [-0.4, -0.2) is 48.6 Å². The molecule has 0 spiro atoms. The third-order valence-corrected chi connectivity index (χ3v) is 3.67.